The third-order valence-corrected chi connectivity index (χ3v) is 2.60. The predicted molar refractivity (Wildman–Crippen MR) is 70.7 cm³/mol. The molecular formula is C13H28N2O2. The molecule has 0 aliphatic heterocycles. The fourth-order valence-electron chi connectivity index (χ4n) is 1.62. The molecule has 0 rings (SSSR count). The molecule has 0 aromatic rings. The van der Waals surface area contributed by atoms with Gasteiger partial charge in [0.2, 0.25) is 5.91 Å². The third kappa shape index (κ3) is 9.12. The third-order valence-electron chi connectivity index (χ3n) is 2.60. The zero-order chi connectivity index (χ0) is 13.1. The lowest BCUT2D eigenvalue weighted by atomic mass is 9.96. The summed E-state index contributed by atoms with van der Waals surface area (Å²) >= 11 is 0. The number of ether oxygens (including phenoxy) is 1. The summed E-state index contributed by atoms with van der Waals surface area (Å²) < 4.78 is 5.37. The van der Waals surface area contributed by atoms with Gasteiger partial charge in [-0.25, -0.2) is 0 Å². The van der Waals surface area contributed by atoms with Crippen LogP contribution in [0.15, 0.2) is 0 Å². The Morgan fingerprint density at radius 2 is 2.06 bits per heavy atom. The number of hydrogen-bond acceptors (Lipinski definition) is 3. The molecule has 0 radical (unpaired) electrons. The fourth-order valence-corrected chi connectivity index (χ4v) is 1.62. The number of carbonyl (C=O) groups is 1. The molecular weight excluding hydrogens is 216 g/mol. The summed E-state index contributed by atoms with van der Waals surface area (Å²) in [6, 6.07) is 0. The molecule has 0 aliphatic rings. The minimum Gasteiger partial charge on any atom is -0.380 e. The van der Waals surface area contributed by atoms with Gasteiger partial charge in [-0.2, -0.15) is 0 Å². The van der Waals surface area contributed by atoms with E-state index >= 15 is 0 Å². The van der Waals surface area contributed by atoms with Crippen molar-refractivity contribution in [1.29, 1.82) is 0 Å². The Bertz CT molecular complexity index is 196. The van der Waals surface area contributed by atoms with Crippen LogP contribution in [-0.2, 0) is 9.53 Å². The van der Waals surface area contributed by atoms with Crippen LogP contribution in [0.5, 0.6) is 0 Å². The summed E-state index contributed by atoms with van der Waals surface area (Å²) in [4.78, 5) is 11.8. The van der Waals surface area contributed by atoms with E-state index in [2.05, 4.69) is 26.1 Å². The smallest absolute Gasteiger partial charge is 0.224 e. The second-order valence-electron chi connectivity index (χ2n) is 4.82. The van der Waals surface area contributed by atoms with Gasteiger partial charge in [0.25, 0.3) is 0 Å². The predicted octanol–water partition coefficient (Wildman–Crippen LogP) is 1.54. The minimum absolute atomic E-state index is 0.0558. The zero-order valence-electron chi connectivity index (χ0n) is 11.5. The van der Waals surface area contributed by atoms with E-state index in [0.29, 0.717) is 25.6 Å². The second-order valence-corrected chi connectivity index (χ2v) is 4.82. The first kappa shape index (κ1) is 16.4. The first-order valence-electron chi connectivity index (χ1n) is 6.67. The molecule has 0 saturated carbocycles. The highest BCUT2D eigenvalue weighted by atomic mass is 16.5. The Morgan fingerprint density at radius 1 is 1.35 bits per heavy atom. The summed E-state index contributed by atoms with van der Waals surface area (Å²) in [7, 11) is 0. The molecule has 0 aromatic carbocycles. The molecule has 0 bridgehead atoms. The molecule has 0 aromatic heterocycles. The molecule has 0 spiro atoms. The molecule has 17 heavy (non-hydrogen) atoms. The molecule has 0 heterocycles. The number of hydrogen-bond donors (Lipinski definition) is 2. The van der Waals surface area contributed by atoms with Crippen molar-refractivity contribution in [1.82, 2.24) is 5.32 Å². The molecule has 4 nitrogen and oxygen atoms in total. The van der Waals surface area contributed by atoms with E-state index < -0.39 is 0 Å². The van der Waals surface area contributed by atoms with Crippen LogP contribution >= 0.6 is 0 Å². The summed E-state index contributed by atoms with van der Waals surface area (Å²) in [5.41, 5.74) is 5.60. The van der Waals surface area contributed by atoms with E-state index in [4.69, 9.17) is 10.5 Å². The number of amides is 1. The van der Waals surface area contributed by atoms with Gasteiger partial charge in [0.1, 0.15) is 0 Å². The average Bonchev–Trinajstić information content (AvgIpc) is 2.30. The lowest BCUT2D eigenvalue weighted by Gasteiger charge is -2.16. The maximum absolute atomic E-state index is 11.8. The first-order chi connectivity index (χ1) is 8.11. The van der Waals surface area contributed by atoms with Crippen molar-refractivity contribution in [2.45, 2.75) is 40.0 Å². The monoisotopic (exact) mass is 244 g/mol. The van der Waals surface area contributed by atoms with Gasteiger partial charge >= 0.3 is 0 Å². The maximum atomic E-state index is 11.8. The Hall–Kier alpha value is -0.610. The van der Waals surface area contributed by atoms with Gasteiger partial charge in [0, 0.05) is 19.7 Å². The van der Waals surface area contributed by atoms with Crippen molar-refractivity contribution < 1.29 is 9.53 Å². The van der Waals surface area contributed by atoms with Crippen molar-refractivity contribution in [3.8, 4) is 0 Å². The van der Waals surface area contributed by atoms with Crippen molar-refractivity contribution >= 4 is 5.91 Å². The van der Waals surface area contributed by atoms with Gasteiger partial charge in [-0.05, 0) is 18.8 Å². The molecule has 3 N–H and O–H groups in total. The summed E-state index contributed by atoms with van der Waals surface area (Å²) in [5.74, 6) is 0.487. The highest BCUT2D eigenvalue weighted by Crippen LogP contribution is 2.10. The largest absolute Gasteiger partial charge is 0.380 e. The van der Waals surface area contributed by atoms with E-state index in [1.807, 2.05) is 0 Å². The molecule has 102 valence electrons. The van der Waals surface area contributed by atoms with E-state index in [9.17, 15) is 4.79 Å². The Morgan fingerprint density at radius 3 is 2.59 bits per heavy atom. The average molecular weight is 244 g/mol. The SMILES string of the molecule is CCCCOCCNC(=O)C(CN)CC(C)C. The highest BCUT2D eigenvalue weighted by molar-refractivity contribution is 5.78. The molecule has 0 fully saturated rings. The lowest BCUT2D eigenvalue weighted by Crippen LogP contribution is -2.37. The van der Waals surface area contributed by atoms with E-state index in [0.717, 1.165) is 25.9 Å². The van der Waals surface area contributed by atoms with Crippen LogP contribution in [0.3, 0.4) is 0 Å². The summed E-state index contributed by atoms with van der Waals surface area (Å²) in [6.45, 7) is 8.69. The molecule has 0 saturated heterocycles. The topological polar surface area (TPSA) is 64.3 Å². The number of carbonyl (C=O) groups excluding carboxylic acids is 1. The number of unbranched alkanes of at least 4 members (excludes halogenated alkanes) is 1. The Kier molecular flexibility index (Phi) is 10.2. The van der Waals surface area contributed by atoms with Crippen LogP contribution in [-0.4, -0.2) is 32.2 Å². The van der Waals surface area contributed by atoms with Crippen molar-refractivity contribution in [3.05, 3.63) is 0 Å². The quantitative estimate of drug-likeness (QED) is 0.573. The van der Waals surface area contributed by atoms with Crippen LogP contribution in [0.25, 0.3) is 0 Å². The fraction of sp³-hybridized carbons (Fsp3) is 0.923. The van der Waals surface area contributed by atoms with Crippen molar-refractivity contribution in [2.24, 2.45) is 17.6 Å². The normalized spacial score (nSPS) is 12.8. The van der Waals surface area contributed by atoms with E-state index in [-0.39, 0.29) is 11.8 Å². The van der Waals surface area contributed by atoms with E-state index in [1.165, 1.54) is 0 Å². The van der Waals surface area contributed by atoms with Crippen LogP contribution in [0.2, 0.25) is 0 Å². The van der Waals surface area contributed by atoms with Gasteiger partial charge in [-0.3, -0.25) is 4.79 Å². The first-order valence-corrected chi connectivity index (χ1v) is 6.67. The van der Waals surface area contributed by atoms with Crippen LogP contribution in [0.1, 0.15) is 40.0 Å². The molecule has 1 amide bonds. The Balaban J connectivity index is 3.61. The van der Waals surface area contributed by atoms with Gasteiger partial charge < -0.3 is 15.8 Å². The van der Waals surface area contributed by atoms with Gasteiger partial charge in [0.05, 0.1) is 12.5 Å². The molecule has 1 unspecified atom stereocenters. The maximum Gasteiger partial charge on any atom is 0.224 e. The number of rotatable bonds is 10. The highest BCUT2D eigenvalue weighted by Gasteiger charge is 2.17. The molecule has 1 atom stereocenters. The number of nitrogens with two attached hydrogens (primary N) is 1. The van der Waals surface area contributed by atoms with Crippen molar-refractivity contribution in [3.63, 3.8) is 0 Å². The lowest BCUT2D eigenvalue weighted by molar-refractivity contribution is -0.125. The van der Waals surface area contributed by atoms with Crippen LogP contribution in [0, 0.1) is 11.8 Å². The zero-order valence-corrected chi connectivity index (χ0v) is 11.5. The summed E-state index contributed by atoms with van der Waals surface area (Å²) in [6.07, 6.45) is 3.06. The minimum atomic E-state index is -0.0642. The molecule has 0 aliphatic carbocycles. The Labute approximate surface area is 105 Å². The van der Waals surface area contributed by atoms with Crippen molar-refractivity contribution in [2.75, 3.05) is 26.3 Å². The van der Waals surface area contributed by atoms with Gasteiger partial charge in [-0.1, -0.05) is 27.2 Å². The van der Waals surface area contributed by atoms with Crippen LogP contribution < -0.4 is 11.1 Å². The van der Waals surface area contributed by atoms with Gasteiger partial charge in [-0.15, -0.1) is 0 Å². The number of nitrogens with one attached hydrogen (secondary N) is 1. The van der Waals surface area contributed by atoms with E-state index in [1.54, 1.807) is 0 Å². The van der Waals surface area contributed by atoms with Crippen LogP contribution in [0.4, 0.5) is 0 Å². The molecule has 4 heteroatoms. The summed E-state index contributed by atoms with van der Waals surface area (Å²) in [5, 5.41) is 2.87. The second kappa shape index (κ2) is 10.5. The standard InChI is InChI=1S/C13H28N2O2/c1-4-5-7-17-8-6-15-13(16)12(10-14)9-11(2)3/h11-12H,4-10,14H2,1-3H3,(H,15,16). The van der Waals surface area contributed by atoms with Gasteiger partial charge in [0.15, 0.2) is 0 Å².